The first-order chi connectivity index (χ1) is 11.0. The maximum atomic E-state index is 12.4. The molecule has 1 fully saturated rings. The van der Waals surface area contributed by atoms with Crippen LogP contribution < -0.4 is 10.6 Å². The molecule has 118 valence electrons. The van der Waals surface area contributed by atoms with Crippen molar-refractivity contribution in [2.75, 3.05) is 10.6 Å². The minimum absolute atomic E-state index is 0.0186. The molecule has 0 saturated heterocycles. The Morgan fingerprint density at radius 1 is 1.04 bits per heavy atom. The van der Waals surface area contributed by atoms with Gasteiger partial charge in [0, 0.05) is 29.2 Å². The van der Waals surface area contributed by atoms with E-state index in [2.05, 4.69) is 10.6 Å². The predicted molar refractivity (Wildman–Crippen MR) is 91.7 cm³/mol. The largest absolute Gasteiger partial charge is 0.326 e. The first kappa shape index (κ1) is 15.6. The summed E-state index contributed by atoms with van der Waals surface area (Å²) in [5.41, 5.74) is 2.36. The number of carbonyl (C=O) groups is 2. The molecule has 1 aliphatic rings. The molecule has 0 bridgehead atoms. The molecule has 2 atom stereocenters. The van der Waals surface area contributed by atoms with E-state index in [4.69, 9.17) is 11.6 Å². The maximum absolute atomic E-state index is 12.4. The molecule has 0 radical (unpaired) electrons. The summed E-state index contributed by atoms with van der Waals surface area (Å²) in [7, 11) is 0. The third-order valence-corrected chi connectivity index (χ3v) is 4.23. The van der Waals surface area contributed by atoms with Crippen LogP contribution in [0.25, 0.3) is 0 Å². The van der Waals surface area contributed by atoms with Gasteiger partial charge in [0.05, 0.1) is 0 Å². The molecule has 2 unspecified atom stereocenters. The zero-order valence-electron chi connectivity index (χ0n) is 12.7. The Labute approximate surface area is 139 Å². The van der Waals surface area contributed by atoms with Crippen LogP contribution in [-0.2, 0) is 9.59 Å². The van der Waals surface area contributed by atoms with E-state index in [-0.39, 0.29) is 23.7 Å². The van der Waals surface area contributed by atoms with Crippen LogP contribution >= 0.6 is 11.6 Å². The molecule has 2 aromatic rings. The number of amides is 2. The SMILES string of the molecule is CC(=O)Nc1cccc(NC(=O)C2CC2c2ccccc2Cl)c1. The molecular weight excluding hydrogens is 312 g/mol. The van der Waals surface area contributed by atoms with Gasteiger partial charge in [0.1, 0.15) is 0 Å². The molecule has 2 amide bonds. The zero-order valence-corrected chi connectivity index (χ0v) is 13.4. The van der Waals surface area contributed by atoms with Gasteiger partial charge in [-0.25, -0.2) is 0 Å². The minimum atomic E-state index is -0.144. The summed E-state index contributed by atoms with van der Waals surface area (Å²) in [6, 6.07) is 14.8. The lowest BCUT2D eigenvalue weighted by Gasteiger charge is -2.08. The first-order valence-electron chi connectivity index (χ1n) is 7.47. The summed E-state index contributed by atoms with van der Waals surface area (Å²) < 4.78 is 0. The summed E-state index contributed by atoms with van der Waals surface area (Å²) in [5.74, 6) is -0.0362. The highest BCUT2D eigenvalue weighted by Gasteiger charge is 2.44. The number of halogens is 1. The number of hydrogen-bond donors (Lipinski definition) is 2. The first-order valence-corrected chi connectivity index (χ1v) is 7.85. The Balaban J connectivity index is 1.65. The van der Waals surface area contributed by atoms with Crippen LogP contribution in [0.1, 0.15) is 24.8 Å². The average Bonchev–Trinajstić information content (AvgIpc) is 3.28. The molecular formula is C18H17ClN2O2. The lowest BCUT2D eigenvalue weighted by molar-refractivity contribution is -0.117. The van der Waals surface area contributed by atoms with Gasteiger partial charge in [-0.05, 0) is 42.2 Å². The van der Waals surface area contributed by atoms with Crippen LogP contribution in [0, 0.1) is 5.92 Å². The number of benzene rings is 2. The van der Waals surface area contributed by atoms with Crippen LogP contribution in [0.2, 0.25) is 5.02 Å². The molecule has 1 aliphatic carbocycles. The van der Waals surface area contributed by atoms with E-state index in [1.54, 1.807) is 24.3 Å². The van der Waals surface area contributed by atoms with Crippen molar-refractivity contribution in [1.82, 2.24) is 0 Å². The highest BCUT2D eigenvalue weighted by molar-refractivity contribution is 6.31. The molecule has 1 saturated carbocycles. The van der Waals surface area contributed by atoms with Gasteiger partial charge < -0.3 is 10.6 Å². The summed E-state index contributed by atoms with van der Waals surface area (Å²) in [5, 5.41) is 6.31. The van der Waals surface area contributed by atoms with Crippen molar-refractivity contribution in [3.05, 3.63) is 59.1 Å². The van der Waals surface area contributed by atoms with E-state index in [1.807, 2.05) is 24.3 Å². The van der Waals surface area contributed by atoms with Crippen molar-refractivity contribution in [3.8, 4) is 0 Å². The second kappa shape index (κ2) is 6.42. The molecule has 0 aliphatic heterocycles. The number of hydrogen-bond acceptors (Lipinski definition) is 2. The van der Waals surface area contributed by atoms with E-state index in [0.717, 1.165) is 12.0 Å². The van der Waals surface area contributed by atoms with Crippen molar-refractivity contribution in [3.63, 3.8) is 0 Å². The van der Waals surface area contributed by atoms with Crippen molar-refractivity contribution in [1.29, 1.82) is 0 Å². The second-order valence-corrected chi connectivity index (χ2v) is 6.13. The lowest BCUT2D eigenvalue weighted by Crippen LogP contribution is -2.15. The molecule has 4 nitrogen and oxygen atoms in total. The molecule has 5 heteroatoms. The van der Waals surface area contributed by atoms with Gasteiger partial charge in [0.15, 0.2) is 0 Å². The van der Waals surface area contributed by atoms with Crippen LogP contribution in [0.3, 0.4) is 0 Å². The highest BCUT2D eigenvalue weighted by atomic mass is 35.5. The Hall–Kier alpha value is -2.33. The molecule has 2 N–H and O–H groups in total. The fourth-order valence-electron chi connectivity index (χ4n) is 2.72. The summed E-state index contributed by atoms with van der Waals surface area (Å²) in [6.07, 6.45) is 0.807. The fraction of sp³-hybridized carbons (Fsp3) is 0.222. The molecule has 3 rings (SSSR count). The van der Waals surface area contributed by atoms with Crippen molar-refractivity contribution < 1.29 is 9.59 Å². The molecule has 0 aromatic heterocycles. The summed E-state index contributed by atoms with van der Waals surface area (Å²) in [4.78, 5) is 23.4. The average molecular weight is 329 g/mol. The Morgan fingerprint density at radius 3 is 2.43 bits per heavy atom. The standard InChI is InChI=1S/C18H17ClN2O2/c1-11(22)20-12-5-4-6-13(9-12)21-18(23)16-10-15(16)14-7-2-3-8-17(14)19/h2-9,15-16H,10H2,1H3,(H,20,22)(H,21,23). The topological polar surface area (TPSA) is 58.2 Å². The number of carbonyl (C=O) groups excluding carboxylic acids is 2. The molecule has 0 heterocycles. The normalized spacial score (nSPS) is 19.0. The monoisotopic (exact) mass is 328 g/mol. The van der Waals surface area contributed by atoms with Crippen LogP contribution in [0.15, 0.2) is 48.5 Å². The van der Waals surface area contributed by atoms with Gasteiger partial charge in [-0.3, -0.25) is 9.59 Å². The van der Waals surface area contributed by atoms with Gasteiger partial charge in [0.25, 0.3) is 0 Å². The summed E-state index contributed by atoms with van der Waals surface area (Å²) in [6.45, 7) is 1.45. The van der Waals surface area contributed by atoms with E-state index >= 15 is 0 Å². The third-order valence-electron chi connectivity index (χ3n) is 3.88. The van der Waals surface area contributed by atoms with E-state index < -0.39 is 0 Å². The lowest BCUT2D eigenvalue weighted by atomic mass is 10.1. The van der Waals surface area contributed by atoms with Crippen LogP contribution in [-0.4, -0.2) is 11.8 Å². The molecule has 0 spiro atoms. The van der Waals surface area contributed by atoms with Crippen molar-refractivity contribution in [2.45, 2.75) is 19.3 Å². The van der Waals surface area contributed by atoms with Gasteiger partial charge in [-0.15, -0.1) is 0 Å². The Kier molecular flexibility index (Phi) is 4.35. The highest BCUT2D eigenvalue weighted by Crippen LogP contribution is 2.50. The van der Waals surface area contributed by atoms with Crippen LogP contribution in [0.4, 0.5) is 11.4 Å². The van der Waals surface area contributed by atoms with Gasteiger partial charge in [-0.1, -0.05) is 35.9 Å². The predicted octanol–water partition coefficient (Wildman–Crippen LogP) is 4.04. The third kappa shape index (κ3) is 3.71. The summed E-state index contributed by atoms with van der Waals surface area (Å²) >= 11 is 6.19. The smallest absolute Gasteiger partial charge is 0.228 e. The van der Waals surface area contributed by atoms with E-state index in [0.29, 0.717) is 16.4 Å². The second-order valence-electron chi connectivity index (χ2n) is 5.72. The van der Waals surface area contributed by atoms with Gasteiger partial charge in [0.2, 0.25) is 11.8 Å². The number of anilines is 2. The molecule has 2 aromatic carbocycles. The van der Waals surface area contributed by atoms with Gasteiger partial charge >= 0.3 is 0 Å². The molecule has 23 heavy (non-hydrogen) atoms. The van der Waals surface area contributed by atoms with E-state index in [9.17, 15) is 9.59 Å². The quantitative estimate of drug-likeness (QED) is 0.889. The maximum Gasteiger partial charge on any atom is 0.228 e. The minimum Gasteiger partial charge on any atom is -0.326 e. The van der Waals surface area contributed by atoms with Crippen molar-refractivity contribution in [2.24, 2.45) is 5.92 Å². The zero-order chi connectivity index (χ0) is 16.4. The van der Waals surface area contributed by atoms with Crippen molar-refractivity contribution >= 4 is 34.8 Å². The van der Waals surface area contributed by atoms with Crippen LogP contribution in [0.5, 0.6) is 0 Å². The Bertz CT molecular complexity index is 760. The van der Waals surface area contributed by atoms with Gasteiger partial charge in [-0.2, -0.15) is 0 Å². The number of rotatable bonds is 4. The fourth-order valence-corrected chi connectivity index (χ4v) is 2.99. The van der Waals surface area contributed by atoms with E-state index in [1.165, 1.54) is 6.92 Å². The Morgan fingerprint density at radius 2 is 1.74 bits per heavy atom. The number of nitrogens with one attached hydrogen (secondary N) is 2.